The van der Waals surface area contributed by atoms with Gasteiger partial charge < -0.3 is 10.1 Å². The Bertz CT molecular complexity index is 816. The fraction of sp³-hybridized carbons (Fsp3) is 0.263. The Kier molecular flexibility index (Phi) is 4.62. The Balaban J connectivity index is 1.78. The summed E-state index contributed by atoms with van der Waals surface area (Å²) in [6.45, 7) is 6.03. The lowest BCUT2D eigenvalue weighted by molar-refractivity contribution is -0.118. The van der Waals surface area contributed by atoms with E-state index < -0.39 is 0 Å². The number of thioether (sulfide) groups is 1. The number of nitrogens with one attached hydrogen (secondary N) is 1. The van der Waals surface area contributed by atoms with Gasteiger partial charge in [-0.25, -0.2) is 0 Å². The molecule has 1 aliphatic heterocycles. The van der Waals surface area contributed by atoms with Crippen molar-refractivity contribution in [2.75, 3.05) is 11.9 Å². The second kappa shape index (κ2) is 6.69. The van der Waals surface area contributed by atoms with Gasteiger partial charge in [0.05, 0.1) is 10.9 Å². The van der Waals surface area contributed by atoms with E-state index in [2.05, 4.69) is 37.4 Å². The summed E-state index contributed by atoms with van der Waals surface area (Å²) in [6, 6.07) is 11.4. The van der Waals surface area contributed by atoms with Crippen LogP contribution in [0.4, 0.5) is 5.69 Å². The van der Waals surface area contributed by atoms with Gasteiger partial charge in [-0.3, -0.25) is 9.59 Å². The number of carbonyl (C=O) groups excluding carboxylic acids is 2. The summed E-state index contributed by atoms with van der Waals surface area (Å²) in [4.78, 5) is 25.2. The highest BCUT2D eigenvalue weighted by atomic mass is 32.2. The number of hydrogen-bond donors (Lipinski definition) is 1. The second-order valence-corrected chi connectivity index (χ2v) is 7.32. The number of rotatable bonds is 4. The van der Waals surface area contributed by atoms with Crippen molar-refractivity contribution in [3.05, 3.63) is 53.1 Å². The Hall–Kier alpha value is -2.27. The Morgan fingerprint density at radius 1 is 1.21 bits per heavy atom. The highest BCUT2D eigenvalue weighted by molar-refractivity contribution is 8.00. The Labute approximate surface area is 145 Å². The Morgan fingerprint density at radius 2 is 2.00 bits per heavy atom. The summed E-state index contributed by atoms with van der Waals surface area (Å²) in [5.41, 5.74) is 3.51. The largest absolute Gasteiger partial charge is 0.482 e. The maximum absolute atomic E-state index is 12.7. The van der Waals surface area contributed by atoms with Crippen LogP contribution in [0.1, 0.15) is 28.4 Å². The molecule has 1 N–H and O–H groups in total. The van der Waals surface area contributed by atoms with Crippen LogP contribution in [0.15, 0.2) is 41.3 Å². The lowest BCUT2D eigenvalue weighted by atomic mass is 10.1. The monoisotopic (exact) mass is 341 g/mol. The molecule has 5 heteroatoms. The van der Waals surface area contributed by atoms with E-state index in [9.17, 15) is 9.59 Å². The van der Waals surface area contributed by atoms with E-state index in [1.807, 2.05) is 6.92 Å². The number of amides is 1. The minimum absolute atomic E-state index is 0.0131. The number of ether oxygens (including phenoxy) is 1. The average molecular weight is 341 g/mol. The average Bonchev–Trinajstić information content (AvgIpc) is 2.56. The first-order chi connectivity index (χ1) is 11.4. The SMILES string of the molecule is Cc1ccc(SC(C)C(=O)c2ccc3c(c2)NC(=O)CO3)c(C)c1. The molecule has 2 aromatic rings. The van der Waals surface area contributed by atoms with Gasteiger partial charge in [0.25, 0.3) is 5.91 Å². The van der Waals surface area contributed by atoms with Crippen LogP contribution in [-0.4, -0.2) is 23.5 Å². The van der Waals surface area contributed by atoms with Crippen molar-refractivity contribution >= 4 is 29.1 Å². The molecule has 24 heavy (non-hydrogen) atoms. The molecule has 1 amide bonds. The number of aryl methyl sites for hydroxylation is 2. The summed E-state index contributed by atoms with van der Waals surface area (Å²) in [7, 11) is 0. The normalized spacial score (nSPS) is 14.4. The molecule has 124 valence electrons. The topological polar surface area (TPSA) is 55.4 Å². The molecular weight excluding hydrogens is 322 g/mol. The molecule has 4 nitrogen and oxygen atoms in total. The van der Waals surface area contributed by atoms with Crippen LogP contribution in [0.3, 0.4) is 0 Å². The van der Waals surface area contributed by atoms with E-state index in [0.29, 0.717) is 17.0 Å². The Morgan fingerprint density at radius 3 is 2.75 bits per heavy atom. The van der Waals surface area contributed by atoms with E-state index in [0.717, 1.165) is 4.90 Å². The second-order valence-electron chi connectivity index (χ2n) is 5.94. The van der Waals surface area contributed by atoms with Crippen LogP contribution in [0, 0.1) is 13.8 Å². The quantitative estimate of drug-likeness (QED) is 0.675. The van der Waals surface area contributed by atoms with E-state index in [-0.39, 0.29) is 23.5 Å². The lowest BCUT2D eigenvalue weighted by Crippen LogP contribution is -2.25. The lowest BCUT2D eigenvalue weighted by Gasteiger charge is -2.19. The molecule has 0 bridgehead atoms. The fourth-order valence-electron chi connectivity index (χ4n) is 2.65. The van der Waals surface area contributed by atoms with Crippen LogP contribution >= 0.6 is 11.8 Å². The van der Waals surface area contributed by atoms with Gasteiger partial charge in [-0.1, -0.05) is 17.7 Å². The molecule has 0 saturated heterocycles. The van der Waals surface area contributed by atoms with Crippen LogP contribution in [0.25, 0.3) is 0 Å². The van der Waals surface area contributed by atoms with E-state index >= 15 is 0 Å². The number of carbonyl (C=O) groups is 2. The third-order valence-corrected chi connectivity index (χ3v) is 5.18. The zero-order valence-corrected chi connectivity index (χ0v) is 14.7. The zero-order valence-electron chi connectivity index (χ0n) is 13.9. The van der Waals surface area contributed by atoms with Gasteiger partial charge >= 0.3 is 0 Å². The number of ketones is 1. The molecule has 3 rings (SSSR count). The summed E-state index contributed by atoms with van der Waals surface area (Å²) < 4.78 is 5.32. The predicted molar refractivity (Wildman–Crippen MR) is 96.1 cm³/mol. The maximum Gasteiger partial charge on any atom is 0.262 e. The molecule has 1 unspecified atom stereocenters. The fourth-order valence-corrected chi connectivity index (χ4v) is 3.66. The molecular formula is C19H19NO3S. The van der Waals surface area contributed by atoms with Crippen molar-refractivity contribution in [2.24, 2.45) is 0 Å². The number of anilines is 1. The van der Waals surface area contributed by atoms with Crippen molar-refractivity contribution in [1.82, 2.24) is 0 Å². The number of Topliss-reactive ketones (excluding diaryl/α,β-unsaturated/α-hetero) is 1. The molecule has 0 saturated carbocycles. The van der Waals surface area contributed by atoms with Gasteiger partial charge in [-0.2, -0.15) is 0 Å². The standard InChI is InChI=1S/C19H19NO3S/c1-11-4-7-17(12(2)8-11)24-13(3)19(22)14-5-6-16-15(9-14)20-18(21)10-23-16/h4-9,13H,10H2,1-3H3,(H,20,21). The maximum atomic E-state index is 12.7. The summed E-state index contributed by atoms with van der Waals surface area (Å²) in [6.07, 6.45) is 0. The summed E-state index contributed by atoms with van der Waals surface area (Å²) >= 11 is 1.55. The highest BCUT2D eigenvalue weighted by Crippen LogP contribution is 2.32. The van der Waals surface area contributed by atoms with Gasteiger partial charge in [0.1, 0.15) is 5.75 Å². The van der Waals surface area contributed by atoms with Gasteiger partial charge in [0.15, 0.2) is 12.4 Å². The molecule has 1 atom stereocenters. The first-order valence-corrected chi connectivity index (χ1v) is 8.67. The van der Waals surface area contributed by atoms with Crippen LogP contribution in [0.2, 0.25) is 0 Å². The summed E-state index contributed by atoms with van der Waals surface area (Å²) in [5.74, 6) is 0.424. The molecule has 0 aromatic heterocycles. The van der Waals surface area contributed by atoms with Gasteiger partial charge in [-0.05, 0) is 50.6 Å². The van der Waals surface area contributed by atoms with Crippen LogP contribution in [0.5, 0.6) is 5.75 Å². The predicted octanol–water partition coefficient (Wildman–Crippen LogP) is 4.00. The minimum Gasteiger partial charge on any atom is -0.482 e. The van der Waals surface area contributed by atoms with Crippen molar-refractivity contribution in [3.63, 3.8) is 0 Å². The van der Waals surface area contributed by atoms with Gasteiger partial charge in [0.2, 0.25) is 0 Å². The van der Waals surface area contributed by atoms with Crippen LogP contribution < -0.4 is 10.1 Å². The number of fused-ring (bicyclic) bond motifs is 1. The first-order valence-electron chi connectivity index (χ1n) is 7.79. The molecule has 1 aliphatic rings. The van der Waals surface area contributed by atoms with Crippen molar-refractivity contribution in [1.29, 1.82) is 0 Å². The third-order valence-electron chi connectivity index (χ3n) is 3.90. The molecule has 2 aromatic carbocycles. The van der Waals surface area contributed by atoms with E-state index in [1.165, 1.54) is 11.1 Å². The zero-order chi connectivity index (χ0) is 17.3. The summed E-state index contributed by atoms with van der Waals surface area (Å²) in [5, 5.41) is 2.52. The number of benzene rings is 2. The van der Waals surface area contributed by atoms with Gasteiger partial charge in [0, 0.05) is 10.5 Å². The van der Waals surface area contributed by atoms with Crippen LogP contribution in [-0.2, 0) is 4.79 Å². The van der Waals surface area contributed by atoms with E-state index in [4.69, 9.17) is 4.74 Å². The van der Waals surface area contributed by atoms with Crippen molar-refractivity contribution in [3.8, 4) is 5.75 Å². The number of hydrogen-bond acceptors (Lipinski definition) is 4. The first kappa shape index (κ1) is 16.6. The molecule has 0 radical (unpaired) electrons. The molecule has 1 heterocycles. The smallest absolute Gasteiger partial charge is 0.262 e. The highest BCUT2D eigenvalue weighted by Gasteiger charge is 2.21. The molecule has 0 fully saturated rings. The van der Waals surface area contributed by atoms with Gasteiger partial charge in [-0.15, -0.1) is 11.8 Å². The van der Waals surface area contributed by atoms with Crippen molar-refractivity contribution < 1.29 is 14.3 Å². The van der Waals surface area contributed by atoms with E-state index in [1.54, 1.807) is 30.0 Å². The van der Waals surface area contributed by atoms with Crippen molar-refractivity contribution in [2.45, 2.75) is 30.9 Å². The molecule has 0 spiro atoms. The minimum atomic E-state index is -0.218. The third kappa shape index (κ3) is 3.46. The molecule has 0 aliphatic carbocycles.